The predicted molar refractivity (Wildman–Crippen MR) is 71.9 cm³/mol. The Morgan fingerprint density at radius 1 is 1.22 bits per heavy atom. The first kappa shape index (κ1) is 12.6. The molecule has 1 aromatic carbocycles. The van der Waals surface area contributed by atoms with E-state index in [0.717, 1.165) is 12.0 Å². The molecule has 0 N–H and O–H groups in total. The van der Waals surface area contributed by atoms with Gasteiger partial charge in [-0.05, 0) is 11.6 Å². The average molecular weight is 242 g/mol. The maximum atomic E-state index is 10.9. The van der Waals surface area contributed by atoms with Gasteiger partial charge in [0.05, 0.1) is 6.54 Å². The van der Waals surface area contributed by atoms with Crippen molar-refractivity contribution in [3.05, 3.63) is 53.3 Å². The number of carbonyl (C=O) groups is 1. The van der Waals surface area contributed by atoms with Crippen molar-refractivity contribution < 1.29 is 4.79 Å². The van der Waals surface area contributed by atoms with E-state index in [4.69, 9.17) is 0 Å². The lowest BCUT2D eigenvalue weighted by molar-refractivity contribution is 0.111. The highest BCUT2D eigenvalue weighted by molar-refractivity contribution is 5.71. The van der Waals surface area contributed by atoms with Gasteiger partial charge < -0.3 is 0 Å². The molecule has 0 aliphatic rings. The summed E-state index contributed by atoms with van der Waals surface area (Å²) in [5.41, 5.74) is 2.73. The zero-order valence-electron chi connectivity index (χ0n) is 11.1. The van der Waals surface area contributed by atoms with Crippen LogP contribution < -0.4 is 0 Å². The monoisotopic (exact) mass is 242 g/mol. The molecular weight excluding hydrogens is 224 g/mol. The van der Waals surface area contributed by atoms with Gasteiger partial charge in [-0.25, -0.2) is 0 Å². The lowest BCUT2D eigenvalue weighted by Gasteiger charge is -2.20. The van der Waals surface area contributed by atoms with Crippen molar-refractivity contribution in [3.63, 3.8) is 0 Å². The Morgan fingerprint density at radius 3 is 2.44 bits per heavy atom. The van der Waals surface area contributed by atoms with Gasteiger partial charge in [-0.2, -0.15) is 5.10 Å². The molecule has 2 aromatic rings. The fourth-order valence-electron chi connectivity index (χ4n) is 1.97. The molecule has 0 unspecified atom stereocenters. The van der Waals surface area contributed by atoms with Crippen LogP contribution in [0.25, 0.3) is 0 Å². The first-order valence-corrected chi connectivity index (χ1v) is 6.08. The van der Waals surface area contributed by atoms with Gasteiger partial charge in [0.1, 0.15) is 5.69 Å². The molecule has 0 atom stereocenters. The van der Waals surface area contributed by atoms with E-state index in [1.54, 1.807) is 0 Å². The fourth-order valence-corrected chi connectivity index (χ4v) is 1.97. The van der Waals surface area contributed by atoms with Crippen LogP contribution in [0.5, 0.6) is 0 Å². The topological polar surface area (TPSA) is 34.9 Å². The molecular formula is C15H18N2O. The number of carbonyl (C=O) groups excluding carboxylic acids is 1. The summed E-state index contributed by atoms with van der Waals surface area (Å²) in [7, 11) is 0. The zero-order chi connectivity index (χ0) is 13.2. The van der Waals surface area contributed by atoms with Crippen molar-refractivity contribution in [1.82, 2.24) is 9.78 Å². The largest absolute Gasteiger partial charge is 0.296 e. The predicted octanol–water partition coefficient (Wildman–Crippen LogP) is 3.04. The lowest BCUT2D eigenvalue weighted by Crippen LogP contribution is -2.18. The second kappa shape index (κ2) is 4.77. The van der Waals surface area contributed by atoms with E-state index in [0.29, 0.717) is 12.2 Å². The molecule has 18 heavy (non-hydrogen) atoms. The van der Waals surface area contributed by atoms with Crippen molar-refractivity contribution in [1.29, 1.82) is 0 Å². The highest BCUT2D eigenvalue weighted by Gasteiger charge is 2.20. The summed E-state index contributed by atoms with van der Waals surface area (Å²) in [5, 5.41) is 4.34. The second-order valence-electron chi connectivity index (χ2n) is 5.47. The maximum absolute atomic E-state index is 10.9. The Labute approximate surface area is 107 Å². The van der Waals surface area contributed by atoms with E-state index in [1.165, 1.54) is 5.56 Å². The number of aldehydes is 1. The molecule has 1 heterocycles. The molecule has 0 bridgehead atoms. The molecule has 3 nitrogen and oxygen atoms in total. The Morgan fingerprint density at radius 2 is 1.89 bits per heavy atom. The number of hydrogen-bond acceptors (Lipinski definition) is 2. The summed E-state index contributed by atoms with van der Waals surface area (Å²) >= 11 is 0. The summed E-state index contributed by atoms with van der Waals surface area (Å²) in [6.07, 6.45) is 0.802. The standard InChI is InChI=1S/C15H18N2O/c1-15(2,3)14-9-13(11-18)16-17(14)10-12-7-5-4-6-8-12/h4-9,11H,10H2,1-3H3. The van der Waals surface area contributed by atoms with Gasteiger partial charge in [0.25, 0.3) is 0 Å². The highest BCUT2D eigenvalue weighted by atomic mass is 16.1. The molecule has 0 saturated heterocycles. The lowest BCUT2D eigenvalue weighted by atomic mass is 9.92. The van der Waals surface area contributed by atoms with E-state index in [-0.39, 0.29) is 5.41 Å². The third kappa shape index (κ3) is 2.67. The number of aromatic nitrogens is 2. The van der Waals surface area contributed by atoms with Crippen molar-refractivity contribution in [2.24, 2.45) is 0 Å². The Bertz CT molecular complexity index is 535. The van der Waals surface area contributed by atoms with Crippen LogP contribution in [-0.4, -0.2) is 16.1 Å². The molecule has 0 spiro atoms. The summed E-state index contributed by atoms with van der Waals surface area (Å²) in [5.74, 6) is 0. The first-order valence-electron chi connectivity index (χ1n) is 6.08. The Kier molecular flexibility index (Phi) is 3.32. The number of benzene rings is 1. The fraction of sp³-hybridized carbons (Fsp3) is 0.333. The number of hydrogen-bond donors (Lipinski definition) is 0. The van der Waals surface area contributed by atoms with Crippen LogP contribution in [0.3, 0.4) is 0 Å². The Hall–Kier alpha value is -1.90. The summed E-state index contributed by atoms with van der Waals surface area (Å²) in [4.78, 5) is 10.9. The molecule has 2 rings (SSSR count). The van der Waals surface area contributed by atoms with E-state index >= 15 is 0 Å². The maximum Gasteiger partial charge on any atom is 0.170 e. The van der Waals surface area contributed by atoms with E-state index in [1.807, 2.05) is 28.9 Å². The van der Waals surface area contributed by atoms with Crippen LogP contribution in [-0.2, 0) is 12.0 Å². The van der Waals surface area contributed by atoms with Gasteiger partial charge in [0.15, 0.2) is 6.29 Å². The van der Waals surface area contributed by atoms with E-state index in [2.05, 4.69) is 38.0 Å². The summed E-state index contributed by atoms with van der Waals surface area (Å²) < 4.78 is 1.92. The minimum Gasteiger partial charge on any atom is -0.296 e. The minimum absolute atomic E-state index is 0.0248. The van der Waals surface area contributed by atoms with Crippen LogP contribution in [0, 0.1) is 0 Å². The number of rotatable bonds is 3. The molecule has 3 heteroatoms. The van der Waals surface area contributed by atoms with Crippen LogP contribution in [0.15, 0.2) is 36.4 Å². The van der Waals surface area contributed by atoms with Gasteiger partial charge >= 0.3 is 0 Å². The second-order valence-corrected chi connectivity index (χ2v) is 5.47. The third-order valence-corrected chi connectivity index (χ3v) is 2.86. The SMILES string of the molecule is CC(C)(C)c1cc(C=O)nn1Cc1ccccc1. The third-order valence-electron chi connectivity index (χ3n) is 2.86. The normalized spacial score (nSPS) is 11.5. The van der Waals surface area contributed by atoms with Crippen molar-refractivity contribution in [3.8, 4) is 0 Å². The average Bonchev–Trinajstić information content (AvgIpc) is 2.73. The van der Waals surface area contributed by atoms with Gasteiger partial charge in [-0.1, -0.05) is 51.1 Å². The van der Waals surface area contributed by atoms with Crippen molar-refractivity contribution in [2.45, 2.75) is 32.7 Å². The smallest absolute Gasteiger partial charge is 0.170 e. The van der Waals surface area contributed by atoms with Crippen LogP contribution in [0.2, 0.25) is 0 Å². The number of nitrogens with zero attached hydrogens (tertiary/aromatic N) is 2. The molecule has 0 radical (unpaired) electrons. The minimum atomic E-state index is -0.0248. The molecule has 0 fully saturated rings. The Balaban J connectivity index is 2.38. The highest BCUT2D eigenvalue weighted by Crippen LogP contribution is 2.23. The van der Waals surface area contributed by atoms with Gasteiger partial charge in [-0.15, -0.1) is 0 Å². The summed E-state index contributed by atoms with van der Waals surface area (Å²) in [6.45, 7) is 7.07. The van der Waals surface area contributed by atoms with E-state index in [9.17, 15) is 4.79 Å². The van der Waals surface area contributed by atoms with Crippen molar-refractivity contribution >= 4 is 6.29 Å². The molecule has 94 valence electrons. The molecule has 0 saturated carbocycles. The van der Waals surface area contributed by atoms with Gasteiger partial charge in [0, 0.05) is 11.1 Å². The zero-order valence-corrected chi connectivity index (χ0v) is 11.1. The molecule has 1 aromatic heterocycles. The first-order chi connectivity index (χ1) is 8.50. The van der Waals surface area contributed by atoms with Crippen molar-refractivity contribution in [2.75, 3.05) is 0 Å². The van der Waals surface area contributed by atoms with Gasteiger partial charge in [-0.3, -0.25) is 9.48 Å². The molecule has 0 aliphatic heterocycles. The van der Waals surface area contributed by atoms with Crippen LogP contribution >= 0.6 is 0 Å². The van der Waals surface area contributed by atoms with E-state index < -0.39 is 0 Å². The quantitative estimate of drug-likeness (QED) is 0.775. The molecule has 0 amide bonds. The summed E-state index contributed by atoms with van der Waals surface area (Å²) in [6, 6.07) is 12.0. The van der Waals surface area contributed by atoms with Gasteiger partial charge in [0.2, 0.25) is 0 Å². The van der Waals surface area contributed by atoms with Crippen LogP contribution in [0.1, 0.15) is 42.5 Å². The molecule has 0 aliphatic carbocycles. The van der Waals surface area contributed by atoms with Crippen LogP contribution in [0.4, 0.5) is 0 Å².